The summed E-state index contributed by atoms with van der Waals surface area (Å²) in [6, 6.07) is 139. The lowest BCUT2D eigenvalue weighted by atomic mass is 9.67. The van der Waals surface area contributed by atoms with Gasteiger partial charge in [-0.05, 0) is 175 Å². The molecule has 0 fully saturated rings. The molecular weight excluding hydrogens is 1150 g/mol. The largest absolute Gasteiger partial charge is 0.311 e. The first kappa shape index (κ1) is 58.5. The van der Waals surface area contributed by atoms with Crippen LogP contribution in [-0.4, -0.2) is 16.1 Å². The van der Waals surface area contributed by atoms with E-state index in [1.165, 1.54) is 97.1 Å². The fraction of sp³-hybridized carbons (Fsp3) is 0.0562. The number of nitrogens with zero attached hydrogens (tertiary/aromatic N) is 2. The second-order valence-corrected chi connectivity index (χ2v) is 32.7. The van der Waals surface area contributed by atoms with Crippen LogP contribution in [-0.2, 0) is 5.41 Å². The number of hydrogen-bond donors (Lipinski definition) is 0. The summed E-state index contributed by atoms with van der Waals surface area (Å²) in [7, 11) is -6.21. The molecule has 0 radical (unpaired) electrons. The molecule has 0 N–H and O–H groups in total. The molecule has 0 spiro atoms. The molecule has 14 aromatic carbocycles. The Kier molecular flexibility index (Phi) is 15.5. The molecule has 0 aromatic heterocycles. The third-order valence-corrected chi connectivity index (χ3v) is 29.1. The normalized spacial score (nSPS) is 12.4. The fourth-order valence-electron chi connectivity index (χ4n) is 15.1. The third kappa shape index (κ3) is 10.2. The summed E-state index contributed by atoms with van der Waals surface area (Å²) in [5.74, 6) is 0. The van der Waals surface area contributed by atoms with Crippen molar-refractivity contribution < 1.29 is 0 Å². The second-order valence-electron chi connectivity index (χ2n) is 25.1. The molecule has 0 aliphatic heterocycles. The van der Waals surface area contributed by atoms with Crippen molar-refractivity contribution in [2.24, 2.45) is 0 Å². The average molecular weight is 1230 g/mol. The zero-order chi connectivity index (χ0) is 62.9. The summed E-state index contributed by atoms with van der Waals surface area (Å²) in [6.45, 7) is 8.65. The summed E-state index contributed by atoms with van der Waals surface area (Å²) in [5, 5.41) is 10.7. The van der Waals surface area contributed by atoms with Crippen LogP contribution in [0.15, 0.2) is 364 Å². The molecule has 0 heterocycles. The highest BCUT2D eigenvalue weighted by Crippen LogP contribution is 2.57. The third-order valence-electron chi connectivity index (χ3n) is 19.5. The summed E-state index contributed by atoms with van der Waals surface area (Å²) < 4.78 is 0. The minimum atomic E-state index is -3.10. The predicted molar refractivity (Wildman–Crippen MR) is 399 cm³/mol. The Morgan fingerprint density at radius 1 is 0.204 bits per heavy atom. The first-order valence-electron chi connectivity index (χ1n) is 32.5. The smallest absolute Gasteiger partial charge is 0.179 e. The Morgan fingerprint density at radius 3 is 0.624 bits per heavy atom. The second kappa shape index (κ2) is 24.7. The Hall–Kier alpha value is -10.9. The monoisotopic (exact) mass is 1220 g/mol. The van der Waals surface area contributed by atoms with Gasteiger partial charge in [0.25, 0.3) is 0 Å². The van der Waals surface area contributed by atoms with Gasteiger partial charge in [0.15, 0.2) is 16.1 Å². The van der Waals surface area contributed by atoms with Gasteiger partial charge in [0.2, 0.25) is 0 Å². The molecule has 0 saturated carbocycles. The van der Waals surface area contributed by atoms with E-state index in [4.69, 9.17) is 0 Å². The van der Waals surface area contributed by atoms with Crippen LogP contribution in [0.3, 0.4) is 0 Å². The van der Waals surface area contributed by atoms with Crippen molar-refractivity contribution in [3.05, 3.63) is 408 Å². The van der Waals surface area contributed by atoms with Crippen molar-refractivity contribution in [3.63, 3.8) is 0 Å². The molecule has 446 valence electrons. The van der Waals surface area contributed by atoms with Crippen LogP contribution in [0.4, 0.5) is 34.1 Å². The van der Waals surface area contributed by atoms with Crippen LogP contribution < -0.4 is 51.3 Å². The van der Waals surface area contributed by atoms with E-state index in [0.29, 0.717) is 0 Å². The zero-order valence-electron chi connectivity index (χ0n) is 53.0. The van der Waals surface area contributed by atoms with Gasteiger partial charge in [0.1, 0.15) is 0 Å². The van der Waals surface area contributed by atoms with E-state index in [1.807, 2.05) is 0 Å². The highest BCUT2D eigenvalue weighted by atomic mass is 28.3. The molecule has 93 heavy (non-hydrogen) atoms. The van der Waals surface area contributed by atoms with Crippen molar-refractivity contribution in [3.8, 4) is 11.1 Å². The molecule has 0 bridgehead atoms. The number of aryl methyl sites for hydroxylation is 4. The number of rotatable bonds is 16. The number of anilines is 6. The van der Waals surface area contributed by atoms with Gasteiger partial charge in [0, 0.05) is 34.1 Å². The lowest BCUT2D eigenvalue weighted by Crippen LogP contribution is -2.74. The van der Waals surface area contributed by atoms with Crippen LogP contribution in [0.2, 0.25) is 0 Å². The van der Waals surface area contributed by atoms with E-state index in [0.717, 1.165) is 34.1 Å². The standard InChI is InChI=1S/C89H72N2Si2/c1-65-35-47-71(48-36-65)90(72-49-37-66(2)38-50-72)75-55-43-69(44-56-75)89(70-45-57-76(58-46-70)91(73-51-39-67(3)40-52-73)74-53-41-68(4)42-54-74)87-63-83(92(77-23-11-5-12-24-77,78-25-13-6-14-26-78)79-27-15-7-16-28-79)59-61-85(87)86-62-60-84(64-88(86)89)93(80-29-17-8-18-30-80,81-31-19-9-20-32-81)82-33-21-10-22-34-82/h5-64H,1-4H3. The number of fused-ring (bicyclic) bond motifs is 3. The van der Waals surface area contributed by atoms with E-state index in [-0.39, 0.29) is 0 Å². The van der Waals surface area contributed by atoms with Gasteiger partial charge < -0.3 is 9.80 Å². The van der Waals surface area contributed by atoms with Gasteiger partial charge in [0.05, 0.1) is 5.41 Å². The first-order chi connectivity index (χ1) is 45.7. The Bertz CT molecular complexity index is 4270. The van der Waals surface area contributed by atoms with E-state index in [1.54, 1.807) is 0 Å². The molecule has 15 rings (SSSR count). The lowest BCUT2D eigenvalue weighted by Gasteiger charge is -2.39. The minimum absolute atomic E-state index is 0.876. The van der Waals surface area contributed by atoms with Crippen molar-refractivity contribution in [1.29, 1.82) is 0 Å². The predicted octanol–water partition coefficient (Wildman–Crippen LogP) is 17.0. The van der Waals surface area contributed by atoms with E-state index in [2.05, 4.69) is 401 Å². The van der Waals surface area contributed by atoms with Gasteiger partial charge >= 0.3 is 0 Å². The highest BCUT2D eigenvalue weighted by Gasteiger charge is 2.51. The van der Waals surface area contributed by atoms with Gasteiger partial charge in [-0.25, -0.2) is 0 Å². The molecule has 1 aliphatic carbocycles. The van der Waals surface area contributed by atoms with Gasteiger partial charge in [-0.2, -0.15) is 0 Å². The maximum absolute atomic E-state index is 3.10. The molecule has 14 aromatic rings. The quantitative estimate of drug-likeness (QED) is 0.0703. The molecule has 0 atom stereocenters. The Balaban J connectivity index is 1.07. The number of hydrogen-bond acceptors (Lipinski definition) is 2. The van der Waals surface area contributed by atoms with E-state index < -0.39 is 21.6 Å². The topological polar surface area (TPSA) is 6.48 Å². The van der Waals surface area contributed by atoms with Crippen molar-refractivity contribution in [2.45, 2.75) is 33.1 Å². The van der Waals surface area contributed by atoms with Crippen molar-refractivity contribution in [2.75, 3.05) is 9.80 Å². The average Bonchev–Trinajstić information content (AvgIpc) is 1.57. The van der Waals surface area contributed by atoms with Gasteiger partial charge in [-0.3, -0.25) is 0 Å². The van der Waals surface area contributed by atoms with Crippen molar-refractivity contribution >= 4 is 91.8 Å². The summed E-state index contributed by atoms with van der Waals surface area (Å²) in [6.07, 6.45) is 0. The van der Waals surface area contributed by atoms with Crippen LogP contribution in [0.5, 0.6) is 0 Å². The molecule has 1 aliphatic rings. The SMILES string of the molecule is Cc1ccc(N(c2ccc(C)cc2)c2ccc(C3(c4ccc(N(c5ccc(C)cc5)c5ccc(C)cc5)cc4)c4cc([Si](c5ccccc5)(c5ccccc5)c5ccccc5)ccc4-c4ccc([Si](c5ccccc5)(c5ccccc5)c5ccccc5)cc43)cc2)cc1. The molecular formula is C89H72N2Si2. The zero-order valence-corrected chi connectivity index (χ0v) is 55.0. The maximum atomic E-state index is 2.67. The van der Waals surface area contributed by atoms with Crippen LogP contribution in [0, 0.1) is 27.7 Å². The van der Waals surface area contributed by atoms with Crippen molar-refractivity contribution in [1.82, 2.24) is 0 Å². The molecule has 4 heteroatoms. The number of benzene rings is 14. The molecule has 2 nitrogen and oxygen atoms in total. The van der Waals surface area contributed by atoms with Gasteiger partial charge in [-0.1, -0.05) is 313 Å². The van der Waals surface area contributed by atoms with Gasteiger partial charge in [-0.15, -0.1) is 0 Å². The fourth-order valence-corrected chi connectivity index (χ4v) is 24.6. The molecule has 0 amide bonds. The summed E-state index contributed by atoms with van der Waals surface area (Å²) >= 11 is 0. The van der Waals surface area contributed by atoms with Crippen LogP contribution in [0.25, 0.3) is 11.1 Å². The van der Waals surface area contributed by atoms with E-state index in [9.17, 15) is 0 Å². The minimum Gasteiger partial charge on any atom is -0.311 e. The highest BCUT2D eigenvalue weighted by molar-refractivity contribution is 7.20. The molecule has 0 unspecified atom stereocenters. The van der Waals surface area contributed by atoms with E-state index >= 15 is 0 Å². The summed E-state index contributed by atoms with van der Waals surface area (Å²) in [5.41, 5.74) is 18.0. The Labute approximate surface area is 550 Å². The Morgan fingerprint density at radius 2 is 0.409 bits per heavy atom. The van der Waals surface area contributed by atoms with Crippen LogP contribution in [0.1, 0.15) is 44.5 Å². The first-order valence-corrected chi connectivity index (χ1v) is 36.5. The van der Waals surface area contributed by atoms with Crippen LogP contribution >= 0.6 is 0 Å². The molecule has 0 saturated heterocycles. The maximum Gasteiger partial charge on any atom is 0.179 e. The summed E-state index contributed by atoms with van der Waals surface area (Å²) in [4.78, 5) is 4.81. The lowest BCUT2D eigenvalue weighted by molar-refractivity contribution is 0.769.